The summed E-state index contributed by atoms with van der Waals surface area (Å²) in [6.45, 7) is 2.12. The van der Waals surface area contributed by atoms with Crippen LogP contribution in [-0.4, -0.2) is 27.3 Å². The first-order valence-corrected chi connectivity index (χ1v) is 11.5. The molecule has 0 aliphatic carbocycles. The molecule has 0 fully saturated rings. The van der Waals surface area contributed by atoms with Crippen molar-refractivity contribution in [3.63, 3.8) is 0 Å². The molecular formula is C28H23N3O4. The van der Waals surface area contributed by atoms with Gasteiger partial charge in [-0.15, -0.1) is 0 Å². The van der Waals surface area contributed by atoms with E-state index in [1.807, 2.05) is 30.3 Å². The van der Waals surface area contributed by atoms with E-state index in [9.17, 15) is 14.9 Å². The molecule has 0 saturated heterocycles. The number of fused-ring (bicyclic) bond motifs is 2. The Morgan fingerprint density at radius 3 is 2.17 bits per heavy atom. The van der Waals surface area contributed by atoms with Crippen LogP contribution in [0.3, 0.4) is 0 Å². The van der Waals surface area contributed by atoms with Crippen molar-refractivity contribution < 1.29 is 14.5 Å². The van der Waals surface area contributed by atoms with Gasteiger partial charge in [-0.2, -0.15) is 5.10 Å². The molecule has 0 saturated carbocycles. The van der Waals surface area contributed by atoms with Gasteiger partial charge in [-0.3, -0.25) is 14.9 Å². The van der Waals surface area contributed by atoms with Gasteiger partial charge in [-0.25, -0.2) is 4.68 Å². The predicted molar refractivity (Wildman–Crippen MR) is 136 cm³/mol. The Morgan fingerprint density at radius 1 is 0.943 bits per heavy atom. The van der Waals surface area contributed by atoms with Gasteiger partial charge in [-0.1, -0.05) is 48.5 Å². The van der Waals surface area contributed by atoms with Gasteiger partial charge in [0.2, 0.25) is 0 Å². The van der Waals surface area contributed by atoms with Gasteiger partial charge in [0.15, 0.2) is 0 Å². The van der Waals surface area contributed by atoms with Crippen molar-refractivity contribution in [2.24, 2.45) is 0 Å². The van der Waals surface area contributed by atoms with Gasteiger partial charge in [0.05, 0.1) is 35.0 Å². The van der Waals surface area contributed by atoms with Crippen LogP contribution in [0.1, 0.15) is 19.0 Å². The zero-order valence-corrected chi connectivity index (χ0v) is 19.2. The fraction of sp³-hybridized carbons (Fsp3) is 0.143. The van der Waals surface area contributed by atoms with Crippen LogP contribution in [0.4, 0.5) is 5.69 Å². The van der Waals surface area contributed by atoms with Gasteiger partial charge in [0, 0.05) is 24.1 Å². The van der Waals surface area contributed by atoms with Crippen molar-refractivity contribution in [1.82, 2.24) is 9.78 Å². The van der Waals surface area contributed by atoms with Crippen LogP contribution in [0.25, 0.3) is 38.5 Å². The van der Waals surface area contributed by atoms with E-state index >= 15 is 0 Å². The first kappa shape index (κ1) is 22.3. The summed E-state index contributed by atoms with van der Waals surface area (Å²) in [5.74, 6) is -0.269. The number of carbonyl (C=O) groups excluding carboxylic acids is 1. The summed E-state index contributed by atoms with van der Waals surface area (Å²) >= 11 is 0. The van der Waals surface area contributed by atoms with Crippen molar-refractivity contribution in [2.75, 3.05) is 6.61 Å². The number of nitro benzene ring substituents is 1. The molecule has 1 heterocycles. The molecule has 35 heavy (non-hydrogen) atoms. The lowest BCUT2D eigenvalue weighted by Gasteiger charge is -2.14. The van der Waals surface area contributed by atoms with E-state index in [0.717, 1.165) is 38.5 Å². The normalized spacial score (nSPS) is 11.1. The standard InChI is InChI=1S/C28H23N3O4/c1-2-35-27(32)16-11-21-18-26(30(29-21)22-12-14-23(15-13-22)31(33)34)28-24-9-5-3-7-19(24)17-20-8-4-6-10-25(20)28/h3-10,12-15,17-18H,2,11,16H2,1H3. The highest BCUT2D eigenvalue weighted by Gasteiger charge is 2.18. The molecule has 5 aromatic rings. The number of hydrogen-bond donors (Lipinski definition) is 0. The van der Waals surface area contributed by atoms with E-state index in [1.165, 1.54) is 12.1 Å². The number of non-ortho nitro benzene ring substituents is 1. The second kappa shape index (κ2) is 9.38. The number of rotatable bonds is 7. The van der Waals surface area contributed by atoms with Crippen LogP contribution >= 0.6 is 0 Å². The van der Waals surface area contributed by atoms with Crippen LogP contribution in [0.5, 0.6) is 0 Å². The molecule has 7 nitrogen and oxygen atoms in total. The van der Waals surface area contributed by atoms with Gasteiger partial charge in [-0.05, 0) is 52.7 Å². The molecule has 0 N–H and O–H groups in total. The number of ether oxygens (including phenoxy) is 1. The summed E-state index contributed by atoms with van der Waals surface area (Å²) in [4.78, 5) is 22.7. The summed E-state index contributed by atoms with van der Waals surface area (Å²) in [6, 6.07) is 26.9. The summed E-state index contributed by atoms with van der Waals surface area (Å²) in [6.07, 6.45) is 0.648. The van der Waals surface area contributed by atoms with Gasteiger partial charge < -0.3 is 4.74 Å². The predicted octanol–water partition coefficient (Wildman–Crippen LogP) is 6.25. The van der Waals surface area contributed by atoms with Gasteiger partial charge >= 0.3 is 5.97 Å². The lowest BCUT2D eigenvalue weighted by Crippen LogP contribution is -2.06. The number of nitrogens with zero attached hydrogens (tertiary/aromatic N) is 3. The summed E-state index contributed by atoms with van der Waals surface area (Å²) in [7, 11) is 0. The Bertz CT molecular complexity index is 1500. The Labute approximate surface area is 201 Å². The maximum atomic E-state index is 12.0. The third kappa shape index (κ3) is 4.36. The number of aryl methyl sites for hydroxylation is 1. The molecular weight excluding hydrogens is 442 g/mol. The van der Waals surface area contributed by atoms with E-state index in [1.54, 1.807) is 23.7 Å². The van der Waals surface area contributed by atoms with Crippen LogP contribution in [0.2, 0.25) is 0 Å². The molecule has 0 atom stereocenters. The second-order valence-corrected chi connectivity index (χ2v) is 8.21. The van der Waals surface area contributed by atoms with Crippen LogP contribution in [0.15, 0.2) is 84.9 Å². The molecule has 0 unspecified atom stereocenters. The Kier molecular flexibility index (Phi) is 5.97. The van der Waals surface area contributed by atoms with E-state index in [4.69, 9.17) is 9.84 Å². The minimum absolute atomic E-state index is 0.0144. The molecule has 174 valence electrons. The molecule has 5 rings (SSSR count). The minimum Gasteiger partial charge on any atom is -0.466 e. The minimum atomic E-state index is -0.420. The van der Waals surface area contributed by atoms with E-state index in [2.05, 4.69) is 30.3 Å². The van der Waals surface area contributed by atoms with Crippen LogP contribution in [-0.2, 0) is 16.0 Å². The molecule has 7 heteroatoms. The Hall–Kier alpha value is -4.52. The van der Waals surface area contributed by atoms with Crippen molar-refractivity contribution in [3.05, 3.63) is 101 Å². The first-order valence-electron chi connectivity index (χ1n) is 11.5. The van der Waals surface area contributed by atoms with E-state index < -0.39 is 4.92 Å². The van der Waals surface area contributed by atoms with Crippen molar-refractivity contribution in [1.29, 1.82) is 0 Å². The highest BCUT2D eigenvalue weighted by Crippen LogP contribution is 2.38. The zero-order valence-electron chi connectivity index (χ0n) is 19.2. The maximum Gasteiger partial charge on any atom is 0.306 e. The largest absolute Gasteiger partial charge is 0.466 e. The third-order valence-corrected chi connectivity index (χ3v) is 5.98. The van der Waals surface area contributed by atoms with E-state index in [-0.39, 0.29) is 18.1 Å². The SMILES string of the molecule is CCOC(=O)CCc1cc(-c2c3ccccc3cc3ccccc23)n(-c2ccc([N+](=O)[O-])cc2)n1. The average molecular weight is 466 g/mol. The number of benzene rings is 4. The zero-order chi connectivity index (χ0) is 24.4. The monoisotopic (exact) mass is 465 g/mol. The Balaban J connectivity index is 1.72. The summed E-state index contributed by atoms with van der Waals surface area (Å²) in [5, 5.41) is 20.3. The highest BCUT2D eigenvalue weighted by molar-refractivity contribution is 6.12. The fourth-order valence-corrected chi connectivity index (χ4v) is 4.40. The quantitative estimate of drug-likeness (QED) is 0.123. The number of nitro groups is 1. The van der Waals surface area contributed by atoms with Crippen molar-refractivity contribution in [3.8, 4) is 16.9 Å². The number of hydrogen-bond acceptors (Lipinski definition) is 5. The van der Waals surface area contributed by atoms with E-state index in [0.29, 0.717) is 18.7 Å². The smallest absolute Gasteiger partial charge is 0.306 e. The van der Waals surface area contributed by atoms with Crippen LogP contribution in [0, 0.1) is 10.1 Å². The van der Waals surface area contributed by atoms with Gasteiger partial charge in [0.1, 0.15) is 0 Å². The molecule has 0 radical (unpaired) electrons. The number of carbonyl (C=O) groups is 1. The molecule has 4 aromatic carbocycles. The lowest BCUT2D eigenvalue weighted by molar-refractivity contribution is -0.384. The third-order valence-electron chi connectivity index (χ3n) is 5.98. The van der Waals surface area contributed by atoms with Gasteiger partial charge in [0.25, 0.3) is 5.69 Å². The van der Waals surface area contributed by atoms with Crippen molar-refractivity contribution >= 4 is 33.2 Å². The molecule has 0 aliphatic heterocycles. The Morgan fingerprint density at radius 2 is 1.57 bits per heavy atom. The van der Waals surface area contributed by atoms with Crippen molar-refractivity contribution in [2.45, 2.75) is 19.8 Å². The first-order chi connectivity index (χ1) is 17.0. The lowest BCUT2D eigenvalue weighted by atomic mass is 9.94. The van der Waals surface area contributed by atoms with Crippen LogP contribution < -0.4 is 0 Å². The average Bonchev–Trinajstić information content (AvgIpc) is 3.30. The summed E-state index contributed by atoms with van der Waals surface area (Å²) in [5.41, 5.74) is 3.33. The molecule has 0 spiro atoms. The number of esters is 1. The molecule has 1 aromatic heterocycles. The second-order valence-electron chi connectivity index (χ2n) is 8.21. The highest BCUT2D eigenvalue weighted by atomic mass is 16.6. The topological polar surface area (TPSA) is 87.3 Å². The number of aromatic nitrogens is 2. The molecule has 0 amide bonds. The maximum absolute atomic E-state index is 12.0. The molecule has 0 aliphatic rings. The summed E-state index contributed by atoms with van der Waals surface area (Å²) < 4.78 is 6.89. The molecule has 0 bridgehead atoms. The fourth-order valence-electron chi connectivity index (χ4n) is 4.40.